The third-order valence-electron chi connectivity index (χ3n) is 2.74. The highest BCUT2D eigenvalue weighted by Crippen LogP contribution is 2.28. The number of hydrogen-bond donors (Lipinski definition) is 3. The van der Waals surface area contributed by atoms with Crippen LogP contribution >= 0.6 is 11.6 Å². The molecule has 5 nitrogen and oxygen atoms in total. The molecule has 0 spiro atoms. The van der Waals surface area contributed by atoms with Crippen molar-refractivity contribution in [2.45, 2.75) is 26.8 Å². The monoisotopic (exact) mass is 291 g/mol. The molecule has 2 rings (SSSR count). The Morgan fingerprint density at radius 3 is 2.55 bits per heavy atom. The summed E-state index contributed by atoms with van der Waals surface area (Å²) in [6.45, 7) is 6.00. The van der Waals surface area contributed by atoms with Gasteiger partial charge in [0, 0.05) is 16.8 Å². The average Bonchev–Trinajstić information content (AvgIpc) is 2.38. The lowest BCUT2D eigenvalue weighted by Crippen LogP contribution is -2.14. The zero-order valence-corrected chi connectivity index (χ0v) is 12.5. The molecule has 4 N–H and O–H groups in total. The molecule has 0 aliphatic carbocycles. The fourth-order valence-electron chi connectivity index (χ4n) is 1.69. The van der Waals surface area contributed by atoms with Crippen LogP contribution in [0.2, 0.25) is 5.02 Å². The van der Waals surface area contributed by atoms with Gasteiger partial charge in [-0.2, -0.15) is 0 Å². The summed E-state index contributed by atoms with van der Waals surface area (Å²) < 4.78 is 0. The lowest BCUT2D eigenvalue weighted by Gasteiger charge is -2.14. The Kier molecular flexibility index (Phi) is 4.29. The average molecular weight is 292 g/mol. The molecule has 0 saturated heterocycles. The molecule has 0 amide bonds. The molecule has 0 bridgehead atoms. The van der Waals surface area contributed by atoms with E-state index in [0.29, 0.717) is 22.3 Å². The van der Waals surface area contributed by atoms with Gasteiger partial charge >= 0.3 is 0 Å². The molecule has 1 heterocycles. The number of rotatable bonds is 4. The first-order valence-corrected chi connectivity index (χ1v) is 6.75. The van der Waals surface area contributed by atoms with Gasteiger partial charge in [0.15, 0.2) is 11.6 Å². The van der Waals surface area contributed by atoms with Crippen molar-refractivity contribution in [2.24, 2.45) is 0 Å². The van der Waals surface area contributed by atoms with Gasteiger partial charge in [0.2, 0.25) is 0 Å². The topological polar surface area (TPSA) is 75.9 Å². The van der Waals surface area contributed by atoms with E-state index in [1.54, 1.807) is 0 Å². The molecule has 0 atom stereocenters. The SMILES string of the molecule is Cc1ccc(Nc2ncnc(NC(C)C)c2N)cc1Cl. The number of anilines is 4. The van der Waals surface area contributed by atoms with Gasteiger partial charge in [-0.25, -0.2) is 9.97 Å². The van der Waals surface area contributed by atoms with Crippen LogP contribution in [0.4, 0.5) is 23.0 Å². The first kappa shape index (κ1) is 14.4. The fourth-order valence-corrected chi connectivity index (χ4v) is 1.87. The summed E-state index contributed by atoms with van der Waals surface area (Å²) in [6.07, 6.45) is 1.47. The molecule has 0 aliphatic heterocycles. The van der Waals surface area contributed by atoms with E-state index in [0.717, 1.165) is 11.3 Å². The van der Waals surface area contributed by atoms with E-state index in [4.69, 9.17) is 17.3 Å². The minimum atomic E-state index is 0.244. The predicted molar refractivity (Wildman–Crippen MR) is 84.7 cm³/mol. The molecule has 20 heavy (non-hydrogen) atoms. The van der Waals surface area contributed by atoms with Crippen molar-refractivity contribution in [3.05, 3.63) is 35.1 Å². The van der Waals surface area contributed by atoms with Crippen LogP contribution in [0.1, 0.15) is 19.4 Å². The van der Waals surface area contributed by atoms with Crippen LogP contribution in [-0.2, 0) is 0 Å². The van der Waals surface area contributed by atoms with Gasteiger partial charge in [0.1, 0.15) is 12.0 Å². The summed E-state index contributed by atoms with van der Waals surface area (Å²) in [4.78, 5) is 8.30. The van der Waals surface area contributed by atoms with Crippen LogP contribution in [0.15, 0.2) is 24.5 Å². The molecule has 1 aromatic carbocycles. The maximum atomic E-state index is 6.10. The maximum Gasteiger partial charge on any atom is 0.159 e. The van der Waals surface area contributed by atoms with Gasteiger partial charge in [-0.3, -0.25) is 0 Å². The fraction of sp³-hybridized carbons (Fsp3) is 0.286. The van der Waals surface area contributed by atoms with Crippen molar-refractivity contribution < 1.29 is 0 Å². The molecule has 6 heteroatoms. The maximum absolute atomic E-state index is 6.10. The lowest BCUT2D eigenvalue weighted by molar-refractivity contribution is 0.887. The first-order valence-electron chi connectivity index (χ1n) is 6.37. The predicted octanol–water partition coefficient (Wildman–Crippen LogP) is 3.58. The Hall–Kier alpha value is -2.01. The Labute approximate surface area is 123 Å². The number of aryl methyl sites for hydroxylation is 1. The van der Waals surface area contributed by atoms with Crippen LogP contribution in [0.25, 0.3) is 0 Å². The largest absolute Gasteiger partial charge is 0.393 e. The number of nitrogens with two attached hydrogens (primary N) is 1. The zero-order chi connectivity index (χ0) is 14.7. The van der Waals surface area contributed by atoms with E-state index in [1.165, 1.54) is 6.33 Å². The van der Waals surface area contributed by atoms with Crippen LogP contribution in [0.5, 0.6) is 0 Å². The summed E-state index contributed by atoms with van der Waals surface area (Å²) >= 11 is 6.10. The van der Waals surface area contributed by atoms with Crippen molar-refractivity contribution in [3.8, 4) is 0 Å². The second kappa shape index (κ2) is 5.96. The van der Waals surface area contributed by atoms with Crippen molar-refractivity contribution in [3.63, 3.8) is 0 Å². The molecule has 0 fully saturated rings. The van der Waals surface area contributed by atoms with Crippen molar-refractivity contribution in [1.82, 2.24) is 9.97 Å². The Morgan fingerprint density at radius 1 is 1.20 bits per heavy atom. The lowest BCUT2D eigenvalue weighted by atomic mass is 10.2. The van der Waals surface area contributed by atoms with Crippen molar-refractivity contribution >= 4 is 34.6 Å². The summed E-state index contributed by atoms with van der Waals surface area (Å²) in [6, 6.07) is 5.95. The number of halogens is 1. The minimum Gasteiger partial charge on any atom is -0.393 e. The second-order valence-corrected chi connectivity index (χ2v) is 5.28. The van der Waals surface area contributed by atoms with Gasteiger partial charge in [-0.15, -0.1) is 0 Å². The van der Waals surface area contributed by atoms with Gasteiger partial charge < -0.3 is 16.4 Å². The van der Waals surface area contributed by atoms with E-state index in [9.17, 15) is 0 Å². The van der Waals surface area contributed by atoms with Crippen LogP contribution in [0, 0.1) is 6.92 Å². The highest BCUT2D eigenvalue weighted by Gasteiger charge is 2.09. The van der Waals surface area contributed by atoms with Crippen molar-refractivity contribution in [2.75, 3.05) is 16.4 Å². The molecule has 2 aromatic rings. The number of hydrogen-bond acceptors (Lipinski definition) is 5. The highest BCUT2D eigenvalue weighted by molar-refractivity contribution is 6.31. The molecule has 0 aliphatic rings. The van der Waals surface area contributed by atoms with Gasteiger partial charge in [0.25, 0.3) is 0 Å². The standard InChI is InChI=1S/C14H18ClN5/c1-8(2)19-13-12(16)14(18-7-17-13)20-10-5-4-9(3)11(15)6-10/h4-8H,16H2,1-3H3,(H2,17,18,19,20). The molecular weight excluding hydrogens is 274 g/mol. The summed E-state index contributed by atoms with van der Waals surface area (Å²) in [7, 11) is 0. The molecule has 0 radical (unpaired) electrons. The molecule has 1 aromatic heterocycles. The first-order chi connectivity index (χ1) is 9.47. The summed E-state index contributed by atoms with van der Waals surface area (Å²) in [5.74, 6) is 1.18. The van der Waals surface area contributed by atoms with E-state index in [2.05, 4.69) is 20.6 Å². The number of aromatic nitrogens is 2. The third-order valence-corrected chi connectivity index (χ3v) is 3.15. The number of nitrogens with one attached hydrogen (secondary N) is 2. The Bertz CT molecular complexity index is 613. The zero-order valence-electron chi connectivity index (χ0n) is 11.7. The minimum absolute atomic E-state index is 0.244. The van der Waals surface area contributed by atoms with Gasteiger partial charge in [0.05, 0.1) is 0 Å². The second-order valence-electron chi connectivity index (χ2n) is 4.87. The van der Waals surface area contributed by atoms with Gasteiger partial charge in [-0.05, 0) is 38.5 Å². The van der Waals surface area contributed by atoms with Crippen LogP contribution < -0.4 is 16.4 Å². The normalized spacial score (nSPS) is 10.7. The van der Waals surface area contributed by atoms with Crippen LogP contribution in [0.3, 0.4) is 0 Å². The number of nitrogen functional groups attached to an aromatic ring is 1. The summed E-state index contributed by atoms with van der Waals surface area (Å²) in [5, 5.41) is 7.03. The summed E-state index contributed by atoms with van der Waals surface area (Å²) in [5.41, 5.74) is 8.41. The van der Waals surface area contributed by atoms with E-state index >= 15 is 0 Å². The highest BCUT2D eigenvalue weighted by atomic mass is 35.5. The van der Waals surface area contributed by atoms with Crippen LogP contribution in [-0.4, -0.2) is 16.0 Å². The molecule has 106 valence electrons. The third kappa shape index (κ3) is 3.30. The molecule has 0 unspecified atom stereocenters. The van der Waals surface area contributed by atoms with E-state index in [1.807, 2.05) is 39.0 Å². The van der Waals surface area contributed by atoms with Crippen molar-refractivity contribution in [1.29, 1.82) is 0 Å². The van der Waals surface area contributed by atoms with E-state index < -0.39 is 0 Å². The number of nitrogens with zero attached hydrogens (tertiary/aromatic N) is 2. The smallest absolute Gasteiger partial charge is 0.159 e. The number of benzene rings is 1. The van der Waals surface area contributed by atoms with E-state index in [-0.39, 0.29) is 6.04 Å². The Morgan fingerprint density at radius 2 is 1.90 bits per heavy atom. The Balaban J connectivity index is 2.27. The molecule has 0 saturated carbocycles. The molecular formula is C14H18ClN5. The van der Waals surface area contributed by atoms with Gasteiger partial charge in [-0.1, -0.05) is 17.7 Å². The quantitative estimate of drug-likeness (QED) is 0.802.